The van der Waals surface area contributed by atoms with Crippen molar-refractivity contribution in [1.29, 1.82) is 0 Å². The summed E-state index contributed by atoms with van der Waals surface area (Å²) in [5.74, 6) is -0.538. The van der Waals surface area contributed by atoms with Crippen LogP contribution in [0.5, 0.6) is 0 Å². The van der Waals surface area contributed by atoms with Gasteiger partial charge in [-0.15, -0.1) is 0 Å². The third-order valence-corrected chi connectivity index (χ3v) is 2.97. The molecule has 0 aliphatic heterocycles. The molecule has 0 aliphatic rings. The summed E-state index contributed by atoms with van der Waals surface area (Å²) >= 11 is 0. The van der Waals surface area contributed by atoms with E-state index in [2.05, 4.69) is 10.3 Å². The van der Waals surface area contributed by atoms with E-state index in [4.69, 9.17) is 5.73 Å². The zero-order valence-electron chi connectivity index (χ0n) is 10.7. The number of amides is 1. The highest BCUT2D eigenvalue weighted by molar-refractivity contribution is 5.92. The fourth-order valence-electron chi connectivity index (χ4n) is 1.32. The van der Waals surface area contributed by atoms with Crippen molar-refractivity contribution in [2.24, 2.45) is 5.73 Å². The fraction of sp³-hybridized carbons (Fsp3) is 0.500. The summed E-state index contributed by atoms with van der Waals surface area (Å²) in [6.07, 6.45) is -3.21. The highest BCUT2D eigenvalue weighted by atomic mass is 19.4. The normalized spacial score (nSPS) is 14.8. The monoisotopic (exact) mass is 275 g/mol. The van der Waals surface area contributed by atoms with E-state index in [-0.39, 0.29) is 12.2 Å². The molecule has 106 valence electrons. The molecule has 1 aromatic heterocycles. The standard InChI is InChI=1S/C12H16F3N3O/c1-3-11(2,7-16)18-10(19)9-5-4-8(6-17-9)12(13,14)15/h4-6H,3,7,16H2,1-2H3,(H,18,19). The SMILES string of the molecule is CCC(C)(CN)NC(=O)c1ccc(C(F)(F)F)cn1. The Balaban J connectivity index is 2.85. The first kappa shape index (κ1) is 15.4. The number of nitrogens with two attached hydrogens (primary N) is 1. The van der Waals surface area contributed by atoms with E-state index in [0.29, 0.717) is 12.6 Å². The van der Waals surface area contributed by atoms with Crippen LogP contribution < -0.4 is 11.1 Å². The first-order chi connectivity index (χ1) is 8.72. The van der Waals surface area contributed by atoms with E-state index in [0.717, 1.165) is 12.1 Å². The maximum atomic E-state index is 12.3. The van der Waals surface area contributed by atoms with Gasteiger partial charge in [0.2, 0.25) is 0 Å². The molecule has 1 unspecified atom stereocenters. The van der Waals surface area contributed by atoms with Crippen LogP contribution in [-0.2, 0) is 6.18 Å². The van der Waals surface area contributed by atoms with Crippen LogP contribution in [0.25, 0.3) is 0 Å². The predicted octanol–water partition coefficient (Wildman–Crippen LogP) is 1.96. The largest absolute Gasteiger partial charge is 0.417 e. The first-order valence-corrected chi connectivity index (χ1v) is 5.77. The van der Waals surface area contributed by atoms with Gasteiger partial charge in [0.05, 0.1) is 5.56 Å². The highest BCUT2D eigenvalue weighted by Gasteiger charge is 2.31. The van der Waals surface area contributed by atoms with Crippen molar-refractivity contribution in [1.82, 2.24) is 10.3 Å². The van der Waals surface area contributed by atoms with Gasteiger partial charge < -0.3 is 11.1 Å². The summed E-state index contributed by atoms with van der Waals surface area (Å²) in [5.41, 5.74) is 3.99. The molecule has 1 aromatic rings. The Kier molecular flexibility index (Phi) is 4.52. The van der Waals surface area contributed by atoms with Crippen LogP contribution in [0.4, 0.5) is 13.2 Å². The molecule has 0 saturated carbocycles. The number of pyridine rings is 1. The number of carbonyl (C=O) groups excluding carboxylic acids is 1. The molecule has 0 aromatic carbocycles. The van der Waals surface area contributed by atoms with E-state index in [9.17, 15) is 18.0 Å². The minimum Gasteiger partial charge on any atom is -0.344 e. The van der Waals surface area contributed by atoms with E-state index in [1.165, 1.54) is 0 Å². The van der Waals surface area contributed by atoms with Gasteiger partial charge in [-0.3, -0.25) is 9.78 Å². The molecular formula is C12H16F3N3O. The Morgan fingerprint density at radius 3 is 2.42 bits per heavy atom. The fourth-order valence-corrected chi connectivity index (χ4v) is 1.32. The lowest BCUT2D eigenvalue weighted by molar-refractivity contribution is -0.137. The van der Waals surface area contributed by atoms with Crippen molar-refractivity contribution >= 4 is 5.91 Å². The van der Waals surface area contributed by atoms with Gasteiger partial charge in [0.1, 0.15) is 5.69 Å². The molecule has 1 amide bonds. The second kappa shape index (κ2) is 5.56. The summed E-state index contributed by atoms with van der Waals surface area (Å²) in [6.45, 7) is 3.85. The average molecular weight is 275 g/mol. The molecule has 0 fully saturated rings. The van der Waals surface area contributed by atoms with Crippen molar-refractivity contribution < 1.29 is 18.0 Å². The molecule has 0 aliphatic carbocycles. The van der Waals surface area contributed by atoms with Crippen LogP contribution >= 0.6 is 0 Å². The summed E-state index contributed by atoms with van der Waals surface area (Å²) in [7, 11) is 0. The number of aromatic nitrogens is 1. The Bertz CT molecular complexity index is 439. The third-order valence-electron chi connectivity index (χ3n) is 2.97. The Morgan fingerprint density at radius 2 is 2.05 bits per heavy atom. The Morgan fingerprint density at radius 1 is 1.42 bits per heavy atom. The summed E-state index contributed by atoms with van der Waals surface area (Å²) < 4.78 is 37.0. The van der Waals surface area contributed by atoms with Gasteiger partial charge in [0.15, 0.2) is 0 Å². The van der Waals surface area contributed by atoms with Crippen molar-refractivity contribution in [2.75, 3.05) is 6.54 Å². The summed E-state index contributed by atoms with van der Waals surface area (Å²) in [6, 6.07) is 1.87. The minimum absolute atomic E-state index is 0.0684. The van der Waals surface area contributed by atoms with E-state index in [1.807, 2.05) is 6.92 Å². The molecule has 1 atom stereocenters. The lowest BCUT2D eigenvalue weighted by atomic mass is 9.99. The van der Waals surface area contributed by atoms with Gasteiger partial charge in [-0.2, -0.15) is 13.2 Å². The minimum atomic E-state index is -4.46. The predicted molar refractivity (Wildman–Crippen MR) is 64.5 cm³/mol. The molecule has 1 heterocycles. The number of hydrogen-bond donors (Lipinski definition) is 2. The zero-order chi connectivity index (χ0) is 14.7. The summed E-state index contributed by atoms with van der Waals surface area (Å²) in [5, 5.41) is 2.66. The van der Waals surface area contributed by atoms with Crippen molar-refractivity contribution in [3.63, 3.8) is 0 Å². The van der Waals surface area contributed by atoms with Gasteiger partial charge in [0.25, 0.3) is 5.91 Å². The number of alkyl halides is 3. The van der Waals surface area contributed by atoms with Gasteiger partial charge in [-0.05, 0) is 25.5 Å². The van der Waals surface area contributed by atoms with Crippen molar-refractivity contribution in [3.8, 4) is 0 Å². The van der Waals surface area contributed by atoms with Crippen LogP contribution in [0, 0.1) is 0 Å². The highest BCUT2D eigenvalue weighted by Crippen LogP contribution is 2.28. The first-order valence-electron chi connectivity index (χ1n) is 5.77. The van der Waals surface area contributed by atoms with Crippen LogP contribution in [0.2, 0.25) is 0 Å². The Hall–Kier alpha value is -1.63. The summed E-state index contributed by atoms with van der Waals surface area (Å²) in [4.78, 5) is 15.4. The molecular weight excluding hydrogens is 259 g/mol. The average Bonchev–Trinajstić information content (AvgIpc) is 2.37. The zero-order valence-corrected chi connectivity index (χ0v) is 10.7. The Labute approximate surface area is 109 Å². The van der Waals surface area contributed by atoms with Gasteiger partial charge in [0, 0.05) is 18.3 Å². The smallest absolute Gasteiger partial charge is 0.344 e. The number of rotatable bonds is 4. The maximum absolute atomic E-state index is 12.3. The molecule has 1 rings (SSSR count). The quantitative estimate of drug-likeness (QED) is 0.882. The number of hydrogen-bond acceptors (Lipinski definition) is 3. The van der Waals surface area contributed by atoms with Gasteiger partial charge >= 0.3 is 6.18 Å². The third kappa shape index (κ3) is 3.92. The van der Waals surface area contributed by atoms with E-state index in [1.54, 1.807) is 6.92 Å². The topological polar surface area (TPSA) is 68.0 Å². The molecule has 19 heavy (non-hydrogen) atoms. The second-order valence-electron chi connectivity index (χ2n) is 4.50. The van der Waals surface area contributed by atoms with Crippen LogP contribution in [-0.4, -0.2) is 23.0 Å². The molecule has 3 N–H and O–H groups in total. The van der Waals surface area contributed by atoms with Crippen LogP contribution in [0.3, 0.4) is 0 Å². The lowest BCUT2D eigenvalue weighted by Crippen LogP contribution is -2.51. The van der Waals surface area contributed by atoms with Gasteiger partial charge in [-0.1, -0.05) is 6.92 Å². The number of nitrogens with one attached hydrogen (secondary N) is 1. The molecule has 0 saturated heterocycles. The van der Waals surface area contributed by atoms with Gasteiger partial charge in [-0.25, -0.2) is 0 Å². The molecule has 0 radical (unpaired) electrons. The number of carbonyl (C=O) groups is 1. The van der Waals surface area contributed by atoms with E-state index < -0.39 is 23.2 Å². The van der Waals surface area contributed by atoms with Crippen LogP contribution in [0.1, 0.15) is 36.3 Å². The number of halogens is 3. The molecule has 0 bridgehead atoms. The number of nitrogens with zero attached hydrogens (tertiary/aromatic N) is 1. The molecule has 7 heteroatoms. The van der Waals surface area contributed by atoms with Crippen molar-refractivity contribution in [3.05, 3.63) is 29.6 Å². The van der Waals surface area contributed by atoms with Crippen molar-refractivity contribution in [2.45, 2.75) is 32.0 Å². The maximum Gasteiger partial charge on any atom is 0.417 e. The second-order valence-corrected chi connectivity index (χ2v) is 4.50. The van der Waals surface area contributed by atoms with E-state index >= 15 is 0 Å². The van der Waals surface area contributed by atoms with Crippen LogP contribution in [0.15, 0.2) is 18.3 Å². The molecule has 0 spiro atoms. The lowest BCUT2D eigenvalue weighted by Gasteiger charge is -2.27. The molecule has 4 nitrogen and oxygen atoms in total.